The van der Waals surface area contributed by atoms with E-state index in [1.807, 2.05) is 0 Å². The van der Waals surface area contributed by atoms with Gasteiger partial charge in [-0.05, 0) is 53.4 Å². The van der Waals surface area contributed by atoms with Gasteiger partial charge in [-0.3, -0.25) is 4.79 Å². The number of aryl methyl sites for hydroxylation is 2. The van der Waals surface area contributed by atoms with Crippen molar-refractivity contribution in [2.45, 2.75) is 25.7 Å². The molecule has 0 saturated heterocycles. The number of nitrogens with one attached hydrogen (secondary N) is 1. The molecular weight excluding hydrogens is 424 g/mol. The molecule has 144 valence electrons. The van der Waals surface area contributed by atoms with Gasteiger partial charge in [0.25, 0.3) is 5.91 Å². The normalized spacial score (nSPS) is 13.6. The van der Waals surface area contributed by atoms with Crippen molar-refractivity contribution in [2.75, 3.05) is 7.11 Å². The standard InChI is InChI=1S/C21H19BrN2O4/c1-27-16-8-4-3-7-13(16)21(26)24-23-11-14-19-12-6-2-5-9-17(12)28-18(19)10-15(22)20(14)25/h3-4,7-8,10-11,25H,2,5-6,9H2,1H3,(H,24,26). The van der Waals surface area contributed by atoms with Gasteiger partial charge < -0.3 is 14.3 Å². The van der Waals surface area contributed by atoms with Crippen LogP contribution in [0.4, 0.5) is 0 Å². The number of carbonyl (C=O) groups is 1. The van der Waals surface area contributed by atoms with E-state index in [0.29, 0.717) is 26.9 Å². The van der Waals surface area contributed by atoms with Gasteiger partial charge in [0.1, 0.15) is 22.8 Å². The summed E-state index contributed by atoms with van der Waals surface area (Å²) in [6.07, 6.45) is 5.43. The number of rotatable bonds is 4. The summed E-state index contributed by atoms with van der Waals surface area (Å²) in [5.41, 5.74) is 5.22. The van der Waals surface area contributed by atoms with Crippen LogP contribution in [0.2, 0.25) is 0 Å². The molecule has 1 heterocycles. The Balaban J connectivity index is 1.68. The maximum absolute atomic E-state index is 12.4. The second-order valence-corrected chi connectivity index (χ2v) is 7.46. The Labute approximate surface area is 170 Å². The molecule has 0 unspecified atom stereocenters. The Kier molecular flexibility index (Phi) is 5.09. The van der Waals surface area contributed by atoms with Gasteiger partial charge in [-0.25, -0.2) is 5.43 Å². The molecule has 2 N–H and O–H groups in total. The van der Waals surface area contributed by atoms with Crippen LogP contribution in [0.1, 0.15) is 40.1 Å². The zero-order chi connectivity index (χ0) is 19.7. The number of hydrogen-bond acceptors (Lipinski definition) is 5. The molecule has 1 aromatic heterocycles. The number of methoxy groups -OCH3 is 1. The van der Waals surface area contributed by atoms with E-state index in [1.54, 1.807) is 30.3 Å². The average molecular weight is 443 g/mol. The van der Waals surface area contributed by atoms with E-state index in [0.717, 1.165) is 42.4 Å². The molecule has 0 saturated carbocycles. The highest BCUT2D eigenvalue weighted by Crippen LogP contribution is 2.40. The van der Waals surface area contributed by atoms with Gasteiger partial charge in [-0.15, -0.1) is 0 Å². The topological polar surface area (TPSA) is 84.1 Å². The van der Waals surface area contributed by atoms with Gasteiger partial charge >= 0.3 is 0 Å². The number of para-hydroxylation sites is 1. The molecule has 0 atom stereocenters. The van der Waals surface area contributed by atoms with Gasteiger partial charge in [0.2, 0.25) is 0 Å². The zero-order valence-corrected chi connectivity index (χ0v) is 16.9. The van der Waals surface area contributed by atoms with Gasteiger partial charge in [0.05, 0.1) is 23.4 Å². The fourth-order valence-electron chi connectivity index (χ4n) is 3.59. The minimum absolute atomic E-state index is 0.0666. The number of carbonyl (C=O) groups excluding carboxylic acids is 1. The largest absolute Gasteiger partial charge is 0.506 e. The number of hydrogen-bond donors (Lipinski definition) is 2. The summed E-state index contributed by atoms with van der Waals surface area (Å²) in [6.45, 7) is 0. The molecule has 0 bridgehead atoms. The minimum atomic E-state index is -0.395. The Morgan fingerprint density at radius 3 is 2.93 bits per heavy atom. The van der Waals surface area contributed by atoms with Crippen molar-refractivity contribution in [3.8, 4) is 11.5 Å². The number of fused-ring (bicyclic) bond motifs is 3. The molecule has 0 fully saturated rings. The summed E-state index contributed by atoms with van der Waals surface area (Å²) in [4.78, 5) is 12.4. The summed E-state index contributed by atoms with van der Waals surface area (Å²) < 4.78 is 11.7. The highest BCUT2D eigenvalue weighted by Gasteiger charge is 2.23. The molecular formula is C21H19BrN2O4. The second-order valence-electron chi connectivity index (χ2n) is 6.60. The summed E-state index contributed by atoms with van der Waals surface area (Å²) >= 11 is 3.36. The van der Waals surface area contributed by atoms with Crippen LogP contribution in [0.5, 0.6) is 11.5 Å². The van der Waals surface area contributed by atoms with Crippen molar-refractivity contribution in [1.29, 1.82) is 0 Å². The predicted molar refractivity (Wildman–Crippen MR) is 110 cm³/mol. The molecule has 0 spiro atoms. The van der Waals surface area contributed by atoms with Crippen molar-refractivity contribution >= 4 is 39.0 Å². The number of aromatic hydroxyl groups is 1. The van der Waals surface area contributed by atoms with Crippen molar-refractivity contribution in [1.82, 2.24) is 5.43 Å². The third kappa shape index (κ3) is 3.26. The summed E-state index contributed by atoms with van der Waals surface area (Å²) in [5.74, 6) is 1.10. The number of ether oxygens (including phenoxy) is 1. The molecule has 1 aliphatic rings. The van der Waals surface area contributed by atoms with Gasteiger partial charge in [-0.2, -0.15) is 5.10 Å². The third-order valence-electron chi connectivity index (χ3n) is 4.92. The van der Waals surface area contributed by atoms with E-state index >= 15 is 0 Å². The quantitative estimate of drug-likeness (QED) is 0.458. The van der Waals surface area contributed by atoms with Crippen molar-refractivity contribution in [3.63, 3.8) is 0 Å². The number of benzene rings is 2. The molecule has 6 nitrogen and oxygen atoms in total. The molecule has 0 radical (unpaired) electrons. The lowest BCUT2D eigenvalue weighted by Gasteiger charge is -2.10. The van der Waals surface area contributed by atoms with E-state index in [2.05, 4.69) is 26.5 Å². The van der Waals surface area contributed by atoms with Gasteiger partial charge in [0.15, 0.2) is 0 Å². The van der Waals surface area contributed by atoms with E-state index in [1.165, 1.54) is 13.3 Å². The van der Waals surface area contributed by atoms with Crippen molar-refractivity contribution < 1.29 is 19.1 Å². The van der Waals surface area contributed by atoms with Crippen molar-refractivity contribution in [2.24, 2.45) is 5.10 Å². The van der Waals surface area contributed by atoms with E-state index in [9.17, 15) is 9.90 Å². The van der Waals surface area contributed by atoms with Crippen LogP contribution in [0.3, 0.4) is 0 Å². The zero-order valence-electron chi connectivity index (χ0n) is 15.3. The highest BCUT2D eigenvalue weighted by atomic mass is 79.9. The minimum Gasteiger partial charge on any atom is -0.506 e. The van der Waals surface area contributed by atoms with Crippen LogP contribution in [-0.4, -0.2) is 24.3 Å². The summed E-state index contributed by atoms with van der Waals surface area (Å²) in [7, 11) is 1.51. The first-order valence-corrected chi connectivity index (χ1v) is 9.81. The maximum Gasteiger partial charge on any atom is 0.275 e. The predicted octanol–water partition coefficient (Wildman–Crippen LogP) is 4.55. The van der Waals surface area contributed by atoms with Crippen LogP contribution in [0, 0.1) is 0 Å². The smallest absolute Gasteiger partial charge is 0.275 e. The lowest BCUT2D eigenvalue weighted by molar-refractivity contribution is 0.0952. The van der Waals surface area contributed by atoms with Gasteiger partial charge in [-0.1, -0.05) is 12.1 Å². The van der Waals surface area contributed by atoms with Crippen LogP contribution < -0.4 is 10.2 Å². The summed E-state index contributed by atoms with van der Waals surface area (Å²) in [6, 6.07) is 8.68. The van der Waals surface area contributed by atoms with Crippen LogP contribution >= 0.6 is 15.9 Å². The fraction of sp³-hybridized carbons (Fsp3) is 0.238. The Morgan fingerprint density at radius 1 is 1.32 bits per heavy atom. The Morgan fingerprint density at radius 2 is 2.11 bits per heavy atom. The first kappa shape index (κ1) is 18.6. The Bertz CT molecular complexity index is 1090. The molecule has 0 aliphatic heterocycles. The summed E-state index contributed by atoms with van der Waals surface area (Å²) in [5, 5.41) is 15.5. The molecule has 1 aliphatic carbocycles. The van der Waals surface area contributed by atoms with Gasteiger partial charge in [0, 0.05) is 22.9 Å². The number of hydrazone groups is 1. The maximum atomic E-state index is 12.4. The molecule has 28 heavy (non-hydrogen) atoms. The first-order chi connectivity index (χ1) is 13.6. The number of phenolic OH excluding ortho intramolecular Hbond substituents is 1. The number of halogens is 1. The van der Waals surface area contributed by atoms with Crippen molar-refractivity contribution in [3.05, 3.63) is 57.3 Å². The monoisotopic (exact) mass is 442 g/mol. The molecule has 7 heteroatoms. The number of furan rings is 1. The van der Waals surface area contributed by atoms with Crippen LogP contribution in [0.25, 0.3) is 11.0 Å². The fourth-order valence-corrected chi connectivity index (χ4v) is 4.01. The molecule has 4 rings (SSSR count). The van der Waals surface area contributed by atoms with E-state index in [-0.39, 0.29) is 5.75 Å². The molecule has 1 amide bonds. The lowest BCUT2D eigenvalue weighted by Crippen LogP contribution is -2.18. The average Bonchev–Trinajstić information content (AvgIpc) is 3.08. The lowest BCUT2D eigenvalue weighted by atomic mass is 9.94. The molecule has 3 aromatic rings. The molecule has 2 aromatic carbocycles. The number of amides is 1. The Hall–Kier alpha value is -2.80. The van der Waals surface area contributed by atoms with E-state index < -0.39 is 5.91 Å². The third-order valence-corrected chi connectivity index (χ3v) is 5.52. The first-order valence-electron chi connectivity index (χ1n) is 9.02. The van der Waals surface area contributed by atoms with Crippen LogP contribution in [-0.2, 0) is 12.8 Å². The van der Waals surface area contributed by atoms with Crippen LogP contribution in [0.15, 0.2) is 44.3 Å². The highest BCUT2D eigenvalue weighted by molar-refractivity contribution is 9.10. The van der Waals surface area contributed by atoms with E-state index in [4.69, 9.17) is 9.15 Å². The number of phenols is 1. The second kappa shape index (κ2) is 7.67. The number of nitrogens with zero attached hydrogens (tertiary/aromatic N) is 1. The SMILES string of the molecule is COc1ccccc1C(=O)NN=Cc1c(O)c(Br)cc2oc3c(c12)CCCC3.